The van der Waals surface area contributed by atoms with Crippen LogP contribution >= 0.6 is 23.1 Å². The number of aliphatic hydroxyl groups excluding tert-OH is 2. The van der Waals surface area contributed by atoms with Gasteiger partial charge in [0.15, 0.2) is 22.1 Å². The number of aromatic nitrogens is 3. The van der Waals surface area contributed by atoms with Gasteiger partial charge in [0.25, 0.3) is 0 Å². The highest BCUT2D eigenvalue weighted by Crippen LogP contribution is 2.40. The Morgan fingerprint density at radius 3 is 2.91 bits per heavy atom. The second kappa shape index (κ2) is 9.90. The van der Waals surface area contributed by atoms with Gasteiger partial charge in [-0.2, -0.15) is 4.37 Å². The molecule has 3 heterocycles. The molecule has 0 fully saturated rings. The summed E-state index contributed by atoms with van der Waals surface area (Å²) in [7, 11) is 0. The van der Waals surface area contributed by atoms with E-state index in [1.165, 1.54) is 17.7 Å². The molecule has 1 aliphatic rings. The molecule has 2 aromatic heterocycles. The van der Waals surface area contributed by atoms with Gasteiger partial charge in [-0.1, -0.05) is 29.8 Å². The summed E-state index contributed by atoms with van der Waals surface area (Å²) in [4.78, 5) is 13.7. The Kier molecular flexibility index (Phi) is 6.54. The lowest BCUT2D eigenvalue weighted by Gasteiger charge is -2.19. The summed E-state index contributed by atoms with van der Waals surface area (Å²) >= 11 is 8.00. The van der Waals surface area contributed by atoms with Crippen molar-refractivity contribution in [2.75, 3.05) is 31.7 Å². The zero-order chi connectivity index (χ0) is 23.5. The Labute approximate surface area is 203 Å². The number of aliphatic imine (C=N–C) groups is 1. The Hall–Kier alpha value is -3.31. The standard InChI is InChI=1S/C23H20ClN5O4S/c24-20-16(13-4-5-18-19(8-13)33-7-6-32-18)2-1-3-17(20)28-22-21-23(34-29-22)26-10-14(27-21)9-25-11-15(31)12-30/h1-5,8-10,15,30-31H,6-7,11-12H2,(H,28,29). The van der Waals surface area contributed by atoms with E-state index in [0.29, 0.717) is 51.5 Å². The van der Waals surface area contributed by atoms with E-state index in [0.717, 1.165) is 16.9 Å². The molecule has 0 aliphatic carbocycles. The van der Waals surface area contributed by atoms with Crippen LogP contribution in [0.5, 0.6) is 11.5 Å². The number of anilines is 2. The van der Waals surface area contributed by atoms with Crippen molar-refractivity contribution in [3.8, 4) is 22.6 Å². The first-order valence-corrected chi connectivity index (χ1v) is 11.6. The smallest absolute Gasteiger partial charge is 0.172 e. The predicted octanol–water partition coefficient (Wildman–Crippen LogP) is 3.69. The zero-order valence-electron chi connectivity index (χ0n) is 17.8. The van der Waals surface area contributed by atoms with Gasteiger partial charge in [0.2, 0.25) is 0 Å². The molecule has 5 rings (SSSR count). The summed E-state index contributed by atoms with van der Waals surface area (Å²) in [6.45, 7) is 0.774. The SMILES string of the molecule is OCC(O)CN=Cc1cnc2snc(Nc3cccc(-c4ccc5c(c4)OCCO5)c3Cl)c2n1. The molecule has 9 nitrogen and oxygen atoms in total. The van der Waals surface area contributed by atoms with Crippen molar-refractivity contribution in [3.63, 3.8) is 0 Å². The third kappa shape index (κ3) is 4.66. The molecular formula is C23H20ClN5O4S. The van der Waals surface area contributed by atoms with Crippen molar-refractivity contribution < 1.29 is 19.7 Å². The molecule has 4 aromatic rings. The lowest BCUT2D eigenvalue weighted by molar-refractivity contribution is 0.102. The number of rotatable bonds is 7. The fourth-order valence-electron chi connectivity index (χ4n) is 3.40. The average molecular weight is 498 g/mol. The van der Waals surface area contributed by atoms with Crippen LogP contribution in [0.3, 0.4) is 0 Å². The van der Waals surface area contributed by atoms with Crippen LogP contribution in [0.2, 0.25) is 5.02 Å². The van der Waals surface area contributed by atoms with E-state index < -0.39 is 6.10 Å². The highest BCUT2D eigenvalue weighted by molar-refractivity contribution is 7.13. The average Bonchev–Trinajstić information content (AvgIpc) is 3.27. The van der Waals surface area contributed by atoms with Crippen molar-refractivity contribution in [1.82, 2.24) is 14.3 Å². The summed E-state index contributed by atoms with van der Waals surface area (Å²) in [5.41, 5.74) is 3.51. The van der Waals surface area contributed by atoms with E-state index in [9.17, 15) is 5.11 Å². The van der Waals surface area contributed by atoms with Gasteiger partial charge in [-0.15, -0.1) is 0 Å². The maximum atomic E-state index is 9.43. The third-order valence-corrected chi connectivity index (χ3v) is 6.21. The van der Waals surface area contributed by atoms with Gasteiger partial charge in [0.1, 0.15) is 24.4 Å². The molecule has 0 saturated carbocycles. The number of hydrogen-bond acceptors (Lipinski definition) is 10. The van der Waals surface area contributed by atoms with Crippen LogP contribution in [-0.2, 0) is 0 Å². The number of hydrogen-bond donors (Lipinski definition) is 3. The molecule has 1 unspecified atom stereocenters. The topological polar surface area (TPSA) is 122 Å². The van der Waals surface area contributed by atoms with E-state index in [2.05, 4.69) is 24.7 Å². The van der Waals surface area contributed by atoms with E-state index >= 15 is 0 Å². The maximum absolute atomic E-state index is 9.43. The molecule has 2 aromatic carbocycles. The fourth-order valence-corrected chi connectivity index (χ4v) is 4.33. The molecule has 1 atom stereocenters. The Balaban J connectivity index is 1.42. The molecule has 11 heteroatoms. The van der Waals surface area contributed by atoms with Crippen molar-refractivity contribution in [2.45, 2.75) is 6.10 Å². The van der Waals surface area contributed by atoms with Crippen LogP contribution in [0.4, 0.5) is 11.5 Å². The Morgan fingerprint density at radius 2 is 2.06 bits per heavy atom. The first-order chi connectivity index (χ1) is 16.6. The minimum Gasteiger partial charge on any atom is -0.486 e. The summed E-state index contributed by atoms with van der Waals surface area (Å²) in [5, 5.41) is 22.1. The van der Waals surface area contributed by atoms with Crippen molar-refractivity contribution in [1.29, 1.82) is 0 Å². The quantitative estimate of drug-likeness (QED) is 0.330. The number of nitrogens with zero attached hydrogens (tertiary/aromatic N) is 4. The van der Waals surface area contributed by atoms with E-state index in [1.807, 2.05) is 36.4 Å². The number of benzene rings is 2. The summed E-state index contributed by atoms with van der Waals surface area (Å²) < 4.78 is 15.8. The molecule has 1 aliphatic heterocycles. The van der Waals surface area contributed by atoms with E-state index in [-0.39, 0.29) is 13.2 Å². The fraction of sp³-hybridized carbons (Fsp3) is 0.217. The summed E-state index contributed by atoms with van der Waals surface area (Å²) in [5.74, 6) is 1.94. The largest absolute Gasteiger partial charge is 0.486 e. The minimum absolute atomic E-state index is 0.0749. The molecule has 0 bridgehead atoms. The van der Waals surface area contributed by atoms with Gasteiger partial charge < -0.3 is 25.0 Å². The molecule has 0 saturated heterocycles. The summed E-state index contributed by atoms with van der Waals surface area (Å²) in [6, 6.07) is 11.5. The molecule has 0 amide bonds. The molecular weight excluding hydrogens is 478 g/mol. The third-order valence-electron chi connectivity index (χ3n) is 5.06. The first kappa shape index (κ1) is 22.5. The normalized spacial score (nSPS) is 14.0. The highest BCUT2D eigenvalue weighted by atomic mass is 35.5. The van der Waals surface area contributed by atoms with E-state index in [4.69, 9.17) is 26.2 Å². The van der Waals surface area contributed by atoms with Gasteiger partial charge in [-0.05, 0) is 35.3 Å². The second-order valence-corrected chi connectivity index (χ2v) is 8.59. The Morgan fingerprint density at radius 1 is 1.21 bits per heavy atom. The monoisotopic (exact) mass is 497 g/mol. The predicted molar refractivity (Wildman–Crippen MR) is 132 cm³/mol. The number of aliphatic hydroxyl groups is 2. The summed E-state index contributed by atoms with van der Waals surface area (Å²) in [6.07, 6.45) is 2.17. The van der Waals surface area contributed by atoms with Crippen molar-refractivity contribution in [3.05, 3.63) is 53.3 Å². The van der Waals surface area contributed by atoms with Crippen LogP contribution in [-0.4, -0.2) is 63.2 Å². The lowest BCUT2D eigenvalue weighted by atomic mass is 10.0. The number of ether oxygens (including phenoxy) is 2. The van der Waals surface area contributed by atoms with Crippen LogP contribution in [0.25, 0.3) is 21.5 Å². The first-order valence-electron chi connectivity index (χ1n) is 10.5. The van der Waals surface area contributed by atoms with Crippen molar-refractivity contribution in [2.24, 2.45) is 4.99 Å². The van der Waals surface area contributed by atoms with Crippen molar-refractivity contribution >= 4 is 51.2 Å². The number of fused-ring (bicyclic) bond motifs is 2. The van der Waals surface area contributed by atoms with Crippen LogP contribution in [0.15, 0.2) is 47.6 Å². The zero-order valence-corrected chi connectivity index (χ0v) is 19.4. The molecule has 0 spiro atoms. The highest BCUT2D eigenvalue weighted by Gasteiger charge is 2.16. The second-order valence-electron chi connectivity index (χ2n) is 7.46. The van der Waals surface area contributed by atoms with Crippen LogP contribution in [0.1, 0.15) is 5.69 Å². The van der Waals surface area contributed by atoms with Crippen LogP contribution < -0.4 is 14.8 Å². The van der Waals surface area contributed by atoms with E-state index in [1.54, 1.807) is 6.20 Å². The van der Waals surface area contributed by atoms with Gasteiger partial charge in [-0.3, -0.25) is 4.99 Å². The van der Waals surface area contributed by atoms with Gasteiger partial charge >= 0.3 is 0 Å². The van der Waals surface area contributed by atoms with Gasteiger partial charge in [-0.25, -0.2) is 9.97 Å². The molecule has 0 radical (unpaired) electrons. The minimum atomic E-state index is -0.906. The van der Waals surface area contributed by atoms with Gasteiger partial charge in [0.05, 0.1) is 36.2 Å². The van der Waals surface area contributed by atoms with Gasteiger partial charge in [0, 0.05) is 11.8 Å². The number of halogens is 1. The molecule has 3 N–H and O–H groups in total. The molecule has 174 valence electrons. The maximum Gasteiger partial charge on any atom is 0.172 e. The van der Waals surface area contributed by atoms with Crippen LogP contribution in [0, 0.1) is 0 Å². The lowest BCUT2D eigenvalue weighted by Crippen LogP contribution is -2.15. The molecule has 34 heavy (non-hydrogen) atoms. The Bertz CT molecular complexity index is 1360. The number of nitrogens with one attached hydrogen (secondary N) is 1.